The Bertz CT molecular complexity index is 1270. The van der Waals surface area contributed by atoms with Crippen molar-refractivity contribution in [3.05, 3.63) is 87.7 Å². The fourth-order valence-corrected chi connectivity index (χ4v) is 3.88. The van der Waals surface area contributed by atoms with Gasteiger partial charge < -0.3 is 15.4 Å². The Kier molecular flexibility index (Phi) is 8.63. The molecular formula is C27H27BrF3N3O3. The topological polar surface area (TPSA) is 80.3 Å². The Labute approximate surface area is 221 Å². The zero-order chi connectivity index (χ0) is 27.4. The largest absolute Gasteiger partial charge is 0.444 e. The van der Waals surface area contributed by atoms with Crippen LogP contribution in [0.15, 0.2) is 65.4 Å². The Balaban J connectivity index is 1.82. The van der Waals surface area contributed by atoms with Crippen molar-refractivity contribution in [2.75, 3.05) is 0 Å². The molecule has 0 bridgehead atoms. The van der Waals surface area contributed by atoms with Gasteiger partial charge in [0.05, 0.1) is 11.6 Å². The smallest absolute Gasteiger partial charge is 0.416 e. The molecule has 0 spiro atoms. The maximum Gasteiger partial charge on any atom is 0.416 e. The average Bonchev–Trinajstić information content (AvgIpc) is 2.81. The van der Waals surface area contributed by atoms with E-state index < -0.39 is 23.4 Å². The summed E-state index contributed by atoms with van der Waals surface area (Å²) < 4.78 is 46.1. The van der Waals surface area contributed by atoms with Crippen LogP contribution in [-0.4, -0.2) is 22.6 Å². The minimum absolute atomic E-state index is 0.0158. The molecule has 0 aliphatic heterocycles. The Morgan fingerprint density at radius 2 is 1.70 bits per heavy atom. The van der Waals surface area contributed by atoms with Gasteiger partial charge in [0, 0.05) is 18.3 Å². The van der Waals surface area contributed by atoms with E-state index in [0.717, 1.165) is 17.7 Å². The number of rotatable bonds is 6. The fraction of sp³-hybridized carbons (Fsp3) is 0.296. The number of halogens is 4. The molecule has 1 heterocycles. The van der Waals surface area contributed by atoms with E-state index >= 15 is 0 Å². The van der Waals surface area contributed by atoms with E-state index in [1.165, 1.54) is 12.3 Å². The SMILES string of the molecule is C[C@@H](NC(=O)c1ccnc(Br)c1)c1ccc(-c2cc(C(F)(F)F)ccc2CNC(=O)OC(C)(C)C)cc1. The van der Waals surface area contributed by atoms with Crippen LogP contribution < -0.4 is 10.6 Å². The van der Waals surface area contributed by atoms with Gasteiger partial charge in [-0.1, -0.05) is 30.3 Å². The van der Waals surface area contributed by atoms with Gasteiger partial charge >= 0.3 is 12.3 Å². The van der Waals surface area contributed by atoms with Crippen molar-refractivity contribution in [3.8, 4) is 11.1 Å². The summed E-state index contributed by atoms with van der Waals surface area (Å²) in [6.07, 6.45) is -3.67. The third-order valence-corrected chi connectivity index (χ3v) is 5.75. The molecule has 0 aliphatic carbocycles. The predicted molar refractivity (Wildman–Crippen MR) is 138 cm³/mol. The molecule has 2 amide bonds. The molecule has 3 rings (SSSR count). The number of aromatic nitrogens is 1. The van der Waals surface area contributed by atoms with E-state index in [0.29, 0.717) is 26.9 Å². The first-order valence-corrected chi connectivity index (χ1v) is 12.2. The van der Waals surface area contributed by atoms with Crippen LogP contribution in [0.25, 0.3) is 11.1 Å². The van der Waals surface area contributed by atoms with E-state index in [1.807, 2.05) is 6.92 Å². The number of nitrogens with one attached hydrogen (secondary N) is 2. The van der Waals surface area contributed by atoms with Crippen molar-refractivity contribution in [1.29, 1.82) is 0 Å². The number of carbonyl (C=O) groups is 2. The fourth-order valence-electron chi connectivity index (χ4n) is 3.52. The first-order chi connectivity index (χ1) is 17.2. The predicted octanol–water partition coefficient (Wildman–Crippen LogP) is 7.05. The summed E-state index contributed by atoms with van der Waals surface area (Å²) >= 11 is 3.23. The number of alkyl halides is 3. The van der Waals surface area contributed by atoms with E-state index in [1.54, 1.807) is 57.2 Å². The van der Waals surface area contributed by atoms with Crippen molar-refractivity contribution in [2.24, 2.45) is 0 Å². The van der Waals surface area contributed by atoms with Crippen LogP contribution >= 0.6 is 15.9 Å². The first-order valence-electron chi connectivity index (χ1n) is 11.4. The third-order valence-electron chi connectivity index (χ3n) is 5.32. The number of ether oxygens (including phenoxy) is 1. The second-order valence-electron chi connectivity index (χ2n) is 9.41. The molecule has 1 atom stereocenters. The zero-order valence-electron chi connectivity index (χ0n) is 20.7. The van der Waals surface area contributed by atoms with Crippen LogP contribution in [0.1, 0.15) is 60.8 Å². The van der Waals surface area contributed by atoms with Crippen LogP contribution in [-0.2, 0) is 17.5 Å². The number of carbonyl (C=O) groups excluding carboxylic acids is 2. The molecule has 10 heteroatoms. The summed E-state index contributed by atoms with van der Waals surface area (Å²) in [5.74, 6) is -0.284. The highest BCUT2D eigenvalue weighted by molar-refractivity contribution is 9.10. The van der Waals surface area contributed by atoms with Crippen LogP contribution in [0, 0.1) is 0 Å². The third kappa shape index (κ3) is 8.04. The van der Waals surface area contributed by atoms with Gasteiger partial charge in [-0.2, -0.15) is 13.2 Å². The summed E-state index contributed by atoms with van der Waals surface area (Å²) in [5.41, 5.74) is 1.07. The van der Waals surface area contributed by atoms with Crippen LogP contribution in [0.2, 0.25) is 0 Å². The highest BCUT2D eigenvalue weighted by atomic mass is 79.9. The summed E-state index contributed by atoms with van der Waals surface area (Å²) in [6.45, 7) is 6.95. The molecule has 2 aromatic carbocycles. The van der Waals surface area contributed by atoms with Gasteiger partial charge in [-0.05, 0) is 90.1 Å². The van der Waals surface area contributed by atoms with E-state index in [2.05, 4.69) is 31.5 Å². The molecule has 196 valence electrons. The summed E-state index contributed by atoms with van der Waals surface area (Å²) in [6, 6.07) is 13.1. The van der Waals surface area contributed by atoms with Crippen LogP contribution in [0.3, 0.4) is 0 Å². The molecule has 0 fully saturated rings. The van der Waals surface area contributed by atoms with Gasteiger partial charge in [0.2, 0.25) is 0 Å². The molecule has 0 aliphatic rings. The lowest BCUT2D eigenvalue weighted by atomic mass is 9.95. The second kappa shape index (κ2) is 11.3. The van der Waals surface area contributed by atoms with E-state index in [9.17, 15) is 22.8 Å². The molecule has 37 heavy (non-hydrogen) atoms. The van der Waals surface area contributed by atoms with Gasteiger partial charge in [-0.15, -0.1) is 0 Å². The average molecular weight is 578 g/mol. The minimum Gasteiger partial charge on any atom is -0.444 e. The molecule has 0 saturated heterocycles. The van der Waals surface area contributed by atoms with Gasteiger partial charge in [-0.3, -0.25) is 4.79 Å². The van der Waals surface area contributed by atoms with Crippen molar-refractivity contribution in [1.82, 2.24) is 15.6 Å². The number of pyridine rings is 1. The molecular weight excluding hydrogens is 551 g/mol. The lowest BCUT2D eigenvalue weighted by molar-refractivity contribution is -0.137. The Hall–Kier alpha value is -3.40. The van der Waals surface area contributed by atoms with Crippen LogP contribution in [0.4, 0.5) is 18.0 Å². The lowest BCUT2D eigenvalue weighted by Gasteiger charge is -2.20. The molecule has 0 saturated carbocycles. The quantitative estimate of drug-likeness (QED) is 0.308. The molecule has 1 aromatic heterocycles. The normalized spacial score (nSPS) is 12.5. The number of hydrogen-bond acceptors (Lipinski definition) is 4. The molecule has 0 unspecified atom stereocenters. The number of benzene rings is 2. The second-order valence-corrected chi connectivity index (χ2v) is 10.2. The van der Waals surface area contributed by atoms with Gasteiger partial charge in [0.15, 0.2) is 0 Å². The van der Waals surface area contributed by atoms with Gasteiger partial charge in [0.1, 0.15) is 10.2 Å². The highest BCUT2D eigenvalue weighted by Crippen LogP contribution is 2.34. The Morgan fingerprint density at radius 1 is 1.03 bits per heavy atom. The number of nitrogens with zero attached hydrogens (tertiary/aromatic N) is 1. The first kappa shape index (κ1) is 28.2. The maximum atomic E-state index is 13.4. The molecule has 3 aromatic rings. The monoisotopic (exact) mass is 577 g/mol. The van der Waals surface area contributed by atoms with Crippen molar-refractivity contribution < 1.29 is 27.5 Å². The lowest BCUT2D eigenvalue weighted by Crippen LogP contribution is -2.32. The van der Waals surface area contributed by atoms with E-state index in [4.69, 9.17) is 4.74 Å². The zero-order valence-corrected chi connectivity index (χ0v) is 22.3. The van der Waals surface area contributed by atoms with Crippen molar-refractivity contribution in [2.45, 2.75) is 52.1 Å². The van der Waals surface area contributed by atoms with Crippen molar-refractivity contribution in [3.63, 3.8) is 0 Å². The standard InChI is InChI=1S/C27H27BrF3N3O3/c1-16(34-24(35)19-11-12-32-23(28)13-19)17-5-7-18(8-6-17)22-14-21(27(29,30)31)10-9-20(22)15-33-25(36)37-26(2,3)4/h5-14,16H,15H2,1-4H3,(H,33,36)(H,34,35)/t16-/m1/s1. The number of hydrogen-bond donors (Lipinski definition) is 2. The molecule has 2 N–H and O–H groups in total. The highest BCUT2D eigenvalue weighted by Gasteiger charge is 2.31. The van der Waals surface area contributed by atoms with Crippen LogP contribution in [0.5, 0.6) is 0 Å². The summed E-state index contributed by atoms with van der Waals surface area (Å²) in [4.78, 5) is 28.6. The van der Waals surface area contributed by atoms with Gasteiger partial charge in [-0.25, -0.2) is 9.78 Å². The summed E-state index contributed by atoms with van der Waals surface area (Å²) in [7, 11) is 0. The van der Waals surface area contributed by atoms with Crippen molar-refractivity contribution >= 4 is 27.9 Å². The minimum atomic E-state index is -4.52. The van der Waals surface area contributed by atoms with E-state index in [-0.39, 0.29) is 18.5 Å². The van der Waals surface area contributed by atoms with Gasteiger partial charge in [0.25, 0.3) is 5.91 Å². The summed E-state index contributed by atoms with van der Waals surface area (Å²) in [5, 5.41) is 5.49. The maximum absolute atomic E-state index is 13.4. The number of alkyl carbamates (subject to hydrolysis) is 1. The number of amides is 2. The molecule has 6 nitrogen and oxygen atoms in total. The Morgan fingerprint density at radius 3 is 2.30 bits per heavy atom. The molecule has 0 radical (unpaired) electrons.